The van der Waals surface area contributed by atoms with Gasteiger partial charge in [-0.1, -0.05) is 23.2 Å². The molecule has 1 rings (SSSR count). The third-order valence-electron chi connectivity index (χ3n) is 2.06. The molecule has 0 saturated carbocycles. The maximum atomic E-state index is 11.3. The van der Waals surface area contributed by atoms with E-state index in [2.05, 4.69) is 5.32 Å². The van der Waals surface area contributed by atoms with Crippen molar-refractivity contribution in [1.82, 2.24) is 0 Å². The van der Waals surface area contributed by atoms with E-state index < -0.39 is 11.9 Å². The van der Waals surface area contributed by atoms with Crippen LogP contribution in [0.5, 0.6) is 5.75 Å². The first kappa shape index (κ1) is 14.3. The van der Waals surface area contributed by atoms with Gasteiger partial charge in [-0.3, -0.25) is 4.79 Å². The molecule has 1 aromatic rings. The van der Waals surface area contributed by atoms with Crippen LogP contribution in [-0.4, -0.2) is 22.1 Å². The molecule has 0 aliphatic carbocycles. The van der Waals surface area contributed by atoms with Crippen LogP contribution in [0.3, 0.4) is 0 Å². The molecule has 96 valence electrons. The number of carbonyl (C=O) groups excluding carboxylic acids is 1. The van der Waals surface area contributed by atoms with Crippen LogP contribution in [0.25, 0.3) is 0 Å². The predicted molar refractivity (Wildman–Crippen MR) is 68.3 cm³/mol. The quantitative estimate of drug-likeness (QED) is 0.590. The Morgan fingerprint density at radius 1 is 1.33 bits per heavy atom. The molecule has 0 bridgehead atoms. The van der Waals surface area contributed by atoms with Crippen molar-refractivity contribution in [2.45, 2.75) is 6.92 Å². The number of rotatable bonds is 3. The van der Waals surface area contributed by atoms with E-state index >= 15 is 0 Å². The van der Waals surface area contributed by atoms with Gasteiger partial charge in [0.05, 0.1) is 10.7 Å². The molecule has 1 aromatic carbocycles. The highest BCUT2D eigenvalue weighted by molar-refractivity contribution is 6.37. The Bertz CT molecular complexity index is 540. The number of phenolic OH excluding ortho intramolecular Hbond substituents is 1. The molecule has 0 aliphatic rings. The summed E-state index contributed by atoms with van der Waals surface area (Å²) in [5, 5.41) is 20.6. The van der Waals surface area contributed by atoms with Crippen LogP contribution in [0.15, 0.2) is 18.2 Å². The minimum Gasteiger partial charge on any atom is -0.504 e. The number of nitrogens with one attached hydrogen (secondary N) is 1. The van der Waals surface area contributed by atoms with Crippen molar-refractivity contribution in [2.24, 2.45) is 0 Å². The highest BCUT2D eigenvalue weighted by Crippen LogP contribution is 2.38. The Hall–Kier alpha value is -1.72. The first-order valence-electron chi connectivity index (χ1n) is 4.72. The summed E-state index contributed by atoms with van der Waals surface area (Å²) in [5.41, 5.74) is 0.491. The fraction of sp³-hybridized carbons (Fsp3) is 0.0909. The Labute approximate surface area is 113 Å². The summed E-state index contributed by atoms with van der Waals surface area (Å²) < 4.78 is 0. The van der Waals surface area contributed by atoms with E-state index in [1.165, 1.54) is 6.07 Å². The zero-order chi connectivity index (χ0) is 13.9. The Kier molecular flexibility index (Phi) is 4.58. The molecule has 0 unspecified atom stereocenters. The van der Waals surface area contributed by atoms with Crippen molar-refractivity contribution >= 4 is 40.8 Å². The highest BCUT2D eigenvalue weighted by atomic mass is 35.5. The molecule has 0 saturated heterocycles. The number of phenols is 1. The van der Waals surface area contributed by atoms with Crippen molar-refractivity contribution in [3.63, 3.8) is 0 Å². The third-order valence-corrected chi connectivity index (χ3v) is 2.91. The summed E-state index contributed by atoms with van der Waals surface area (Å²) in [5.74, 6) is -2.30. The van der Waals surface area contributed by atoms with Crippen LogP contribution >= 0.6 is 23.2 Å². The van der Waals surface area contributed by atoms with Gasteiger partial charge in [-0.15, -0.1) is 0 Å². The lowest BCUT2D eigenvalue weighted by Crippen LogP contribution is -2.09. The van der Waals surface area contributed by atoms with Crippen molar-refractivity contribution in [3.05, 3.63) is 33.8 Å². The average molecular weight is 290 g/mol. The lowest BCUT2D eigenvalue weighted by Gasteiger charge is -2.10. The van der Waals surface area contributed by atoms with Crippen LogP contribution in [0, 0.1) is 6.92 Å². The van der Waals surface area contributed by atoms with E-state index in [9.17, 15) is 14.7 Å². The number of benzene rings is 1. The smallest absolute Gasteiger partial charge is 0.328 e. The van der Waals surface area contributed by atoms with Crippen molar-refractivity contribution < 1.29 is 19.8 Å². The van der Waals surface area contributed by atoms with Gasteiger partial charge in [0.15, 0.2) is 5.75 Å². The zero-order valence-corrected chi connectivity index (χ0v) is 10.7. The average Bonchev–Trinajstić information content (AvgIpc) is 2.30. The first-order valence-corrected chi connectivity index (χ1v) is 5.48. The number of carboxylic acids is 1. The SMILES string of the molecule is Cc1c(Cl)cc(NC(=O)/C=C/C(=O)O)c(O)c1Cl. The minimum absolute atomic E-state index is 0.00985. The second-order valence-electron chi connectivity index (χ2n) is 3.35. The molecule has 1 amide bonds. The number of halogens is 2. The lowest BCUT2D eigenvalue weighted by molar-refractivity contribution is -0.131. The molecule has 0 radical (unpaired) electrons. The summed E-state index contributed by atoms with van der Waals surface area (Å²) >= 11 is 11.6. The van der Waals surface area contributed by atoms with Gasteiger partial charge < -0.3 is 15.5 Å². The molecule has 0 atom stereocenters. The maximum Gasteiger partial charge on any atom is 0.328 e. The van der Waals surface area contributed by atoms with Gasteiger partial charge >= 0.3 is 5.97 Å². The molecule has 0 aromatic heterocycles. The summed E-state index contributed by atoms with van der Waals surface area (Å²) in [4.78, 5) is 21.5. The number of hydrogen-bond donors (Lipinski definition) is 3. The van der Waals surface area contributed by atoms with E-state index in [1.54, 1.807) is 6.92 Å². The second kappa shape index (κ2) is 5.75. The molecule has 5 nitrogen and oxygen atoms in total. The number of hydrogen-bond acceptors (Lipinski definition) is 3. The van der Waals surface area contributed by atoms with Crippen molar-refractivity contribution in [1.29, 1.82) is 0 Å². The third kappa shape index (κ3) is 3.38. The van der Waals surface area contributed by atoms with Gasteiger partial charge in [0, 0.05) is 17.2 Å². The second-order valence-corrected chi connectivity index (χ2v) is 4.14. The van der Waals surface area contributed by atoms with Gasteiger partial charge in [-0.05, 0) is 18.6 Å². The number of aliphatic carboxylic acids is 1. The van der Waals surface area contributed by atoms with Gasteiger partial charge in [0.1, 0.15) is 0 Å². The Morgan fingerprint density at radius 2 is 1.94 bits per heavy atom. The van der Waals surface area contributed by atoms with Gasteiger partial charge in [0.2, 0.25) is 5.91 Å². The fourth-order valence-corrected chi connectivity index (χ4v) is 1.58. The first-order chi connectivity index (χ1) is 8.32. The summed E-state index contributed by atoms with van der Waals surface area (Å²) in [6.07, 6.45) is 1.48. The lowest BCUT2D eigenvalue weighted by atomic mass is 10.2. The fourth-order valence-electron chi connectivity index (χ4n) is 1.12. The molecule has 0 aliphatic heterocycles. The van der Waals surface area contributed by atoms with Crippen LogP contribution < -0.4 is 5.32 Å². The van der Waals surface area contributed by atoms with E-state index in [1.807, 2.05) is 0 Å². The molecule has 0 spiro atoms. The van der Waals surface area contributed by atoms with Crippen molar-refractivity contribution in [2.75, 3.05) is 5.32 Å². The highest BCUT2D eigenvalue weighted by Gasteiger charge is 2.13. The van der Waals surface area contributed by atoms with Crippen molar-refractivity contribution in [3.8, 4) is 5.75 Å². The van der Waals surface area contributed by atoms with E-state index in [0.29, 0.717) is 11.6 Å². The number of aromatic hydroxyl groups is 1. The van der Waals surface area contributed by atoms with Gasteiger partial charge in [-0.25, -0.2) is 4.79 Å². The minimum atomic E-state index is -1.26. The predicted octanol–water partition coefficient (Wildman–Crippen LogP) is 2.59. The molecule has 18 heavy (non-hydrogen) atoms. The van der Waals surface area contributed by atoms with Crippen LogP contribution in [-0.2, 0) is 9.59 Å². The number of amides is 1. The molecule has 0 heterocycles. The van der Waals surface area contributed by atoms with Gasteiger partial charge in [-0.2, -0.15) is 0 Å². The summed E-state index contributed by atoms with van der Waals surface area (Å²) in [7, 11) is 0. The summed E-state index contributed by atoms with van der Waals surface area (Å²) in [6.45, 7) is 1.61. The monoisotopic (exact) mass is 289 g/mol. The molecular weight excluding hydrogens is 281 g/mol. The number of anilines is 1. The zero-order valence-electron chi connectivity index (χ0n) is 9.20. The topological polar surface area (TPSA) is 86.6 Å². The summed E-state index contributed by atoms with van der Waals surface area (Å²) in [6, 6.07) is 1.32. The van der Waals surface area contributed by atoms with E-state index in [-0.39, 0.29) is 21.5 Å². The van der Waals surface area contributed by atoms with E-state index in [0.717, 1.165) is 6.08 Å². The maximum absolute atomic E-state index is 11.3. The molecule has 0 fully saturated rings. The normalized spacial score (nSPS) is 10.6. The molecular formula is C11H9Cl2NO4. The molecule has 3 N–H and O–H groups in total. The largest absolute Gasteiger partial charge is 0.504 e. The Balaban J connectivity index is 2.99. The number of carboxylic acid groups (broad SMARTS) is 1. The van der Waals surface area contributed by atoms with Gasteiger partial charge in [0.25, 0.3) is 0 Å². The van der Waals surface area contributed by atoms with Crippen LogP contribution in [0.4, 0.5) is 5.69 Å². The number of carbonyl (C=O) groups is 2. The molecule has 7 heteroatoms. The van der Waals surface area contributed by atoms with Crippen LogP contribution in [0.2, 0.25) is 10.0 Å². The Morgan fingerprint density at radius 3 is 2.50 bits per heavy atom. The van der Waals surface area contributed by atoms with E-state index in [4.69, 9.17) is 28.3 Å². The van der Waals surface area contributed by atoms with Crippen LogP contribution in [0.1, 0.15) is 5.56 Å². The standard InChI is InChI=1S/C11H9Cl2NO4/c1-5-6(12)4-7(11(18)10(5)13)14-8(15)2-3-9(16)17/h2-4,18H,1H3,(H,14,15)(H,16,17)/b3-2+.